The molecule has 0 radical (unpaired) electrons. The van der Waals surface area contributed by atoms with Crippen molar-refractivity contribution >= 4 is 5.57 Å². The molecule has 1 aliphatic carbocycles. The molecule has 6 heteroatoms. The molecule has 3 rings (SSSR count). The predicted octanol–water partition coefficient (Wildman–Crippen LogP) is 4.25. The minimum atomic E-state index is 0.570. The average Bonchev–Trinajstić information content (AvgIpc) is 3.06. The van der Waals surface area contributed by atoms with E-state index in [1.807, 2.05) is 0 Å². The highest BCUT2D eigenvalue weighted by molar-refractivity contribution is 5.83. The number of ether oxygens (including phenoxy) is 5. The molecule has 0 saturated carbocycles. The van der Waals surface area contributed by atoms with Gasteiger partial charge < -0.3 is 28.6 Å². The fourth-order valence-corrected chi connectivity index (χ4v) is 4.30. The number of likely N-dealkylation sites (N-methyl/N-ethyl adjacent to an activating group) is 1. The van der Waals surface area contributed by atoms with Crippen LogP contribution in [0.25, 0.3) is 5.57 Å². The van der Waals surface area contributed by atoms with Crippen LogP contribution in [0.1, 0.15) is 28.7 Å². The topological polar surface area (TPSA) is 49.4 Å². The van der Waals surface area contributed by atoms with E-state index in [1.54, 1.807) is 7.11 Å². The minimum absolute atomic E-state index is 0.570. The summed E-state index contributed by atoms with van der Waals surface area (Å²) in [5.41, 5.74) is 7.04. The Morgan fingerprint density at radius 1 is 0.639 bits per heavy atom. The Kier molecular flexibility index (Phi) is 13.8. The summed E-state index contributed by atoms with van der Waals surface area (Å²) in [5, 5.41) is 0. The van der Waals surface area contributed by atoms with E-state index in [9.17, 15) is 0 Å². The van der Waals surface area contributed by atoms with E-state index in [1.165, 1.54) is 27.8 Å². The van der Waals surface area contributed by atoms with Crippen LogP contribution in [-0.4, -0.2) is 91.6 Å². The smallest absolute Gasteiger partial charge is 0.0701 e. The van der Waals surface area contributed by atoms with Crippen LogP contribution in [0, 0.1) is 0 Å². The zero-order valence-electron chi connectivity index (χ0n) is 22.1. The molecule has 0 amide bonds. The number of hydrogen-bond acceptors (Lipinski definition) is 6. The summed E-state index contributed by atoms with van der Waals surface area (Å²) in [5.74, 6) is 0. The van der Waals surface area contributed by atoms with Gasteiger partial charge in [-0.25, -0.2) is 0 Å². The van der Waals surface area contributed by atoms with Gasteiger partial charge in [-0.1, -0.05) is 54.6 Å². The molecule has 198 valence electrons. The maximum atomic E-state index is 5.74. The molecule has 0 spiro atoms. The van der Waals surface area contributed by atoms with Crippen LogP contribution < -0.4 is 0 Å². The Hall–Kier alpha value is -2.06. The van der Waals surface area contributed by atoms with Crippen molar-refractivity contribution in [3.05, 3.63) is 76.9 Å². The molecule has 0 aliphatic heterocycles. The summed E-state index contributed by atoms with van der Waals surface area (Å²) in [6, 6.07) is 17.7. The molecule has 0 N–H and O–H groups in total. The van der Waals surface area contributed by atoms with Gasteiger partial charge >= 0.3 is 0 Å². The number of nitrogens with zero attached hydrogens (tertiary/aromatic N) is 1. The summed E-state index contributed by atoms with van der Waals surface area (Å²) in [6.07, 6.45) is 5.63. The van der Waals surface area contributed by atoms with Gasteiger partial charge in [-0.2, -0.15) is 0 Å². The van der Waals surface area contributed by atoms with Crippen molar-refractivity contribution in [2.75, 3.05) is 86.7 Å². The van der Waals surface area contributed by atoms with Crippen molar-refractivity contribution < 1.29 is 23.7 Å². The van der Waals surface area contributed by atoms with E-state index in [0.717, 1.165) is 32.4 Å². The normalized spacial score (nSPS) is 12.9. The first kappa shape index (κ1) is 28.5. The highest BCUT2D eigenvalue weighted by Gasteiger charge is 2.17. The highest BCUT2D eigenvalue weighted by atomic mass is 16.6. The molecule has 0 fully saturated rings. The Balaban J connectivity index is 1.27. The van der Waals surface area contributed by atoms with Crippen LogP contribution in [0.15, 0.2) is 54.6 Å². The Bertz CT molecular complexity index is 851. The molecule has 2 aromatic rings. The maximum absolute atomic E-state index is 5.74. The first-order chi connectivity index (χ1) is 17.8. The fraction of sp³-hybridized carbons (Fsp3) is 0.533. The summed E-state index contributed by atoms with van der Waals surface area (Å²) in [7, 11) is 3.82. The van der Waals surface area contributed by atoms with Crippen molar-refractivity contribution in [3.8, 4) is 0 Å². The summed E-state index contributed by atoms with van der Waals surface area (Å²) < 4.78 is 27.0. The van der Waals surface area contributed by atoms with Gasteiger partial charge in [0, 0.05) is 20.2 Å². The molecule has 0 heterocycles. The second kappa shape index (κ2) is 17.4. The van der Waals surface area contributed by atoms with E-state index in [-0.39, 0.29) is 0 Å². The number of benzene rings is 2. The monoisotopic (exact) mass is 497 g/mol. The first-order valence-electron chi connectivity index (χ1n) is 13.1. The maximum Gasteiger partial charge on any atom is 0.0701 e. The third kappa shape index (κ3) is 10.1. The van der Waals surface area contributed by atoms with Gasteiger partial charge in [0.2, 0.25) is 0 Å². The molecule has 0 aromatic heterocycles. The number of hydrogen-bond donors (Lipinski definition) is 0. The van der Waals surface area contributed by atoms with E-state index in [0.29, 0.717) is 59.5 Å². The van der Waals surface area contributed by atoms with E-state index < -0.39 is 0 Å². The van der Waals surface area contributed by atoms with Gasteiger partial charge in [-0.05, 0) is 54.1 Å². The van der Waals surface area contributed by atoms with Crippen molar-refractivity contribution in [1.29, 1.82) is 0 Å². The first-order valence-corrected chi connectivity index (χ1v) is 13.1. The lowest BCUT2D eigenvalue weighted by molar-refractivity contribution is -0.00884. The lowest BCUT2D eigenvalue weighted by Crippen LogP contribution is -2.24. The van der Waals surface area contributed by atoms with Gasteiger partial charge in [-0.15, -0.1) is 0 Å². The molecular formula is C30H43NO5. The van der Waals surface area contributed by atoms with Crippen LogP contribution in [0.2, 0.25) is 0 Å². The third-order valence-electron chi connectivity index (χ3n) is 6.30. The van der Waals surface area contributed by atoms with Crippen molar-refractivity contribution in [2.24, 2.45) is 0 Å². The molecule has 0 saturated heterocycles. The quantitative estimate of drug-likeness (QED) is 0.287. The number of fused-ring (bicyclic) bond motifs is 2. The Morgan fingerprint density at radius 2 is 1.11 bits per heavy atom. The lowest BCUT2D eigenvalue weighted by Gasteiger charge is -2.17. The second-order valence-corrected chi connectivity index (χ2v) is 8.97. The Labute approximate surface area is 217 Å². The summed E-state index contributed by atoms with van der Waals surface area (Å²) in [6.45, 7) is 7.31. The SMILES string of the molecule is COCCOCCOCCOCCOCCN(C)CCC=C1c2ccccc2CCc2ccccc21. The van der Waals surface area contributed by atoms with Gasteiger partial charge in [0.05, 0.1) is 59.5 Å². The van der Waals surface area contributed by atoms with E-state index >= 15 is 0 Å². The van der Waals surface area contributed by atoms with E-state index in [2.05, 4.69) is 66.6 Å². The zero-order valence-corrected chi connectivity index (χ0v) is 22.1. The van der Waals surface area contributed by atoms with Crippen LogP contribution in [0.3, 0.4) is 0 Å². The lowest BCUT2D eigenvalue weighted by atomic mass is 9.93. The van der Waals surface area contributed by atoms with Crippen LogP contribution in [0.5, 0.6) is 0 Å². The molecule has 6 nitrogen and oxygen atoms in total. The van der Waals surface area contributed by atoms with Crippen LogP contribution in [-0.2, 0) is 36.5 Å². The standard InChI is InChI=1S/C30H43NO5/c1-31(16-17-33-20-21-35-24-25-36-23-22-34-19-18-32-2)15-7-12-30-28-10-5-3-8-26(28)13-14-27-9-4-6-11-29(27)30/h3-6,8-12H,7,13-25H2,1-2H3. The predicted molar refractivity (Wildman–Crippen MR) is 145 cm³/mol. The molecule has 0 bridgehead atoms. The van der Waals surface area contributed by atoms with Crippen LogP contribution in [0.4, 0.5) is 0 Å². The summed E-state index contributed by atoms with van der Waals surface area (Å²) in [4.78, 5) is 2.33. The van der Waals surface area contributed by atoms with E-state index in [4.69, 9.17) is 23.7 Å². The Morgan fingerprint density at radius 3 is 1.64 bits per heavy atom. The minimum Gasteiger partial charge on any atom is -0.382 e. The molecule has 0 atom stereocenters. The number of aryl methyl sites for hydroxylation is 2. The van der Waals surface area contributed by atoms with Crippen molar-refractivity contribution in [1.82, 2.24) is 4.90 Å². The molecule has 1 aliphatic rings. The highest BCUT2D eigenvalue weighted by Crippen LogP contribution is 2.33. The van der Waals surface area contributed by atoms with Gasteiger partial charge in [0.15, 0.2) is 0 Å². The molecular weight excluding hydrogens is 454 g/mol. The second-order valence-electron chi connectivity index (χ2n) is 8.97. The summed E-state index contributed by atoms with van der Waals surface area (Å²) >= 11 is 0. The molecule has 0 unspecified atom stereocenters. The van der Waals surface area contributed by atoms with Gasteiger partial charge in [-0.3, -0.25) is 0 Å². The van der Waals surface area contributed by atoms with Crippen molar-refractivity contribution in [3.63, 3.8) is 0 Å². The van der Waals surface area contributed by atoms with Gasteiger partial charge in [0.1, 0.15) is 0 Å². The number of rotatable bonds is 18. The molecule has 2 aromatic carbocycles. The van der Waals surface area contributed by atoms with Gasteiger partial charge in [0.25, 0.3) is 0 Å². The largest absolute Gasteiger partial charge is 0.382 e. The number of methoxy groups -OCH3 is 1. The molecule has 36 heavy (non-hydrogen) atoms. The third-order valence-corrected chi connectivity index (χ3v) is 6.30. The van der Waals surface area contributed by atoms with Crippen molar-refractivity contribution in [2.45, 2.75) is 19.3 Å². The average molecular weight is 498 g/mol. The van der Waals surface area contributed by atoms with Crippen LogP contribution >= 0.6 is 0 Å². The fourth-order valence-electron chi connectivity index (χ4n) is 4.30. The zero-order chi connectivity index (χ0) is 25.3.